The SMILES string of the molecule is O=C(O)N1CC(Oc2cc3c(Nc4ccc(Cl)cc4Cl)ncnc3cn2)C1. The molecule has 4 rings (SSSR count). The number of halogens is 2. The fraction of sp³-hybridized carbons (Fsp3) is 0.176. The number of hydrogen-bond donors (Lipinski definition) is 2. The van der Waals surface area contributed by atoms with Gasteiger partial charge in [-0.2, -0.15) is 0 Å². The number of ether oxygens (including phenoxy) is 1. The number of aromatic nitrogens is 3. The predicted octanol–water partition coefficient (Wildman–Crippen LogP) is 3.82. The van der Waals surface area contributed by atoms with E-state index in [0.29, 0.717) is 51.4 Å². The fourth-order valence-corrected chi connectivity index (χ4v) is 3.12. The van der Waals surface area contributed by atoms with Gasteiger partial charge in [0, 0.05) is 16.5 Å². The Morgan fingerprint density at radius 2 is 2.04 bits per heavy atom. The molecule has 27 heavy (non-hydrogen) atoms. The Morgan fingerprint density at radius 3 is 2.78 bits per heavy atom. The Morgan fingerprint density at radius 1 is 1.22 bits per heavy atom. The molecule has 1 saturated heterocycles. The zero-order valence-electron chi connectivity index (χ0n) is 13.8. The van der Waals surface area contributed by atoms with Crippen molar-refractivity contribution in [3.63, 3.8) is 0 Å². The molecule has 10 heteroatoms. The summed E-state index contributed by atoms with van der Waals surface area (Å²) in [6, 6.07) is 6.83. The van der Waals surface area contributed by atoms with Gasteiger partial charge in [-0.15, -0.1) is 0 Å². The van der Waals surface area contributed by atoms with Crippen LogP contribution in [0.3, 0.4) is 0 Å². The van der Waals surface area contributed by atoms with Crippen molar-refractivity contribution in [3.8, 4) is 5.88 Å². The highest BCUT2D eigenvalue weighted by Gasteiger charge is 2.32. The quantitative estimate of drug-likeness (QED) is 0.680. The maximum atomic E-state index is 10.8. The zero-order chi connectivity index (χ0) is 19.0. The van der Waals surface area contributed by atoms with Crippen molar-refractivity contribution >= 4 is 51.7 Å². The van der Waals surface area contributed by atoms with Gasteiger partial charge in [-0.3, -0.25) is 0 Å². The summed E-state index contributed by atoms with van der Waals surface area (Å²) in [4.78, 5) is 24.8. The van der Waals surface area contributed by atoms with E-state index in [1.807, 2.05) is 0 Å². The minimum Gasteiger partial charge on any atom is -0.471 e. The molecule has 3 heterocycles. The third-order valence-electron chi connectivity index (χ3n) is 4.09. The lowest BCUT2D eigenvalue weighted by atomic mass is 10.2. The Bertz CT molecular complexity index is 1030. The number of nitrogens with zero attached hydrogens (tertiary/aromatic N) is 4. The number of benzene rings is 1. The largest absolute Gasteiger partial charge is 0.471 e. The van der Waals surface area contributed by atoms with E-state index in [0.717, 1.165) is 0 Å². The molecule has 0 atom stereocenters. The molecule has 3 aromatic rings. The number of carbonyl (C=O) groups is 1. The third-order valence-corrected chi connectivity index (χ3v) is 4.63. The summed E-state index contributed by atoms with van der Waals surface area (Å²) in [5.41, 5.74) is 1.28. The van der Waals surface area contributed by atoms with Gasteiger partial charge in [0.05, 0.1) is 35.5 Å². The number of nitrogens with one attached hydrogen (secondary N) is 1. The minimum atomic E-state index is -0.957. The summed E-state index contributed by atoms with van der Waals surface area (Å²) in [7, 11) is 0. The van der Waals surface area contributed by atoms with Gasteiger partial charge in [0.25, 0.3) is 0 Å². The number of likely N-dealkylation sites (tertiary alicyclic amines) is 1. The molecule has 8 nitrogen and oxygen atoms in total. The maximum Gasteiger partial charge on any atom is 0.407 e. The van der Waals surface area contributed by atoms with E-state index in [1.54, 1.807) is 30.5 Å². The molecule has 0 spiro atoms. The van der Waals surface area contributed by atoms with Crippen LogP contribution in [0.1, 0.15) is 0 Å². The number of anilines is 2. The summed E-state index contributed by atoms with van der Waals surface area (Å²) < 4.78 is 5.74. The van der Waals surface area contributed by atoms with Crippen LogP contribution in [0.2, 0.25) is 10.0 Å². The van der Waals surface area contributed by atoms with E-state index in [1.165, 1.54) is 11.2 Å². The van der Waals surface area contributed by atoms with Gasteiger partial charge in [0.1, 0.15) is 18.2 Å². The average molecular weight is 406 g/mol. The van der Waals surface area contributed by atoms with Crippen molar-refractivity contribution in [2.75, 3.05) is 18.4 Å². The molecule has 2 aromatic heterocycles. The van der Waals surface area contributed by atoms with E-state index >= 15 is 0 Å². The highest BCUT2D eigenvalue weighted by Crippen LogP contribution is 2.31. The van der Waals surface area contributed by atoms with Crippen LogP contribution in [0, 0.1) is 0 Å². The molecule has 0 radical (unpaired) electrons. The Labute approximate surface area is 163 Å². The molecule has 0 saturated carbocycles. The van der Waals surface area contributed by atoms with Crippen molar-refractivity contribution in [2.24, 2.45) is 0 Å². The molecule has 1 amide bonds. The summed E-state index contributed by atoms with van der Waals surface area (Å²) in [6.45, 7) is 0.623. The Hall–Kier alpha value is -2.84. The van der Waals surface area contributed by atoms with Crippen LogP contribution in [-0.2, 0) is 0 Å². The van der Waals surface area contributed by atoms with Gasteiger partial charge in [-0.05, 0) is 18.2 Å². The van der Waals surface area contributed by atoms with Gasteiger partial charge in [-0.1, -0.05) is 23.2 Å². The Kier molecular flexibility index (Phi) is 4.59. The molecule has 0 unspecified atom stereocenters. The van der Waals surface area contributed by atoms with Crippen LogP contribution < -0.4 is 10.1 Å². The van der Waals surface area contributed by atoms with E-state index < -0.39 is 6.09 Å². The van der Waals surface area contributed by atoms with E-state index in [4.69, 9.17) is 33.0 Å². The lowest BCUT2D eigenvalue weighted by Gasteiger charge is -2.36. The van der Waals surface area contributed by atoms with Gasteiger partial charge >= 0.3 is 6.09 Å². The van der Waals surface area contributed by atoms with Gasteiger partial charge in [0.2, 0.25) is 5.88 Å². The molecule has 2 N–H and O–H groups in total. The van der Waals surface area contributed by atoms with Gasteiger partial charge < -0.3 is 20.1 Å². The first-order valence-corrected chi connectivity index (χ1v) is 8.72. The van der Waals surface area contributed by atoms with Crippen molar-refractivity contribution < 1.29 is 14.6 Å². The lowest BCUT2D eigenvalue weighted by Crippen LogP contribution is -2.55. The average Bonchev–Trinajstić information content (AvgIpc) is 2.60. The number of carboxylic acid groups (broad SMARTS) is 1. The topological polar surface area (TPSA) is 100 Å². The molecule has 1 aliphatic rings. The van der Waals surface area contributed by atoms with E-state index in [2.05, 4.69) is 20.3 Å². The maximum absolute atomic E-state index is 10.8. The molecule has 138 valence electrons. The molecule has 1 fully saturated rings. The summed E-state index contributed by atoms with van der Waals surface area (Å²) in [5, 5.41) is 13.7. The van der Waals surface area contributed by atoms with Crippen LogP contribution >= 0.6 is 23.2 Å². The number of pyridine rings is 1. The standard InChI is InChI=1S/C17H13Cl2N5O3/c18-9-1-2-13(12(19)3-9)23-16-11-4-15(20-5-14(11)21-8-22-16)27-10-6-24(7-10)17(25)26/h1-5,8,10H,6-7H2,(H,25,26)(H,21,22,23). The third kappa shape index (κ3) is 3.67. The Balaban J connectivity index is 1.59. The monoisotopic (exact) mass is 405 g/mol. The summed E-state index contributed by atoms with van der Waals surface area (Å²) in [6.07, 6.45) is 1.82. The molecule has 0 aliphatic carbocycles. The second kappa shape index (κ2) is 7.05. The van der Waals surface area contributed by atoms with Crippen molar-refractivity contribution in [1.29, 1.82) is 0 Å². The number of fused-ring (bicyclic) bond motifs is 1. The smallest absolute Gasteiger partial charge is 0.407 e. The fourth-order valence-electron chi connectivity index (χ4n) is 2.66. The lowest BCUT2D eigenvalue weighted by molar-refractivity contribution is 0.0229. The van der Waals surface area contributed by atoms with Crippen LogP contribution in [-0.4, -0.2) is 50.2 Å². The van der Waals surface area contributed by atoms with Crippen LogP contribution in [0.4, 0.5) is 16.3 Å². The van der Waals surface area contributed by atoms with Gasteiger partial charge in [-0.25, -0.2) is 19.7 Å². The number of amides is 1. The van der Waals surface area contributed by atoms with Crippen LogP contribution in [0.25, 0.3) is 10.9 Å². The van der Waals surface area contributed by atoms with Crippen molar-refractivity contribution in [2.45, 2.75) is 6.10 Å². The molecule has 0 bridgehead atoms. The minimum absolute atomic E-state index is 0.224. The molecule has 1 aliphatic heterocycles. The van der Waals surface area contributed by atoms with Crippen molar-refractivity contribution in [3.05, 3.63) is 46.8 Å². The van der Waals surface area contributed by atoms with Crippen molar-refractivity contribution in [1.82, 2.24) is 19.9 Å². The summed E-state index contributed by atoms with van der Waals surface area (Å²) in [5.74, 6) is 0.912. The first-order valence-electron chi connectivity index (χ1n) is 7.97. The molecular formula is C17H13Cl2N5O3. The normalized spacial score (nSPS) is 14.1. The van der Waals surface area contributed by atoms with E-state index in [9.17, 15) is 4.79 Å². The van der Waals surface area contributed by atoms with Gasteiger partial charge in [0.15, 0.2) is 0 Å². The first kappa shape index (κ1) is 17.6. The second-order valence-electron chi connectivity index (χ2n) is 5.94. The highest BCUT2D eigenvalue weighted by molar-refractivity contribution is 6.36. The summed E-state index contributed by atoms with van der Waals surface area (Å²) >= 11 is 12.1. The predicted molar refractivity (Wildman–Crippen MR) is 101 cm³/mol. The first-order chi connectivity index (χ1) is 13.0. The van der Waals surface area contributed by atoms with Crippen LogP contribution in [0.15, 0.2) is 36.8 Å². The zero-order valence-corrected chi connectivity index (χ0v) is 15.3. The highest BCUT2D eigenvalue weighted by atomic mass is 35.5. The molecule has 1 aromatic carbocycles. The number of rotatable bonds is 4. The number of hydrogen-bond acceptors (Lipinski definition) is 6. The second-order valence-corrected chi connectivity index (χ2v) is 6.78. The van der Waals surface area contributed by atoms with Crippen LogP contribution in [0.5, 0.6) is 5.88 Å². The van der Waals surface area contributed by atoms with E-state index in [-0.39, 0.29) is 6.10 Å². The molecular weight excluding hydrogens is 393 g/mol.